The number of ether oxygens (including phenoxy) is 1. The van der Waals surface area contributed by atoms with Crippen LogP contribution in [-0.2, 0) is 0 Å². The molecular weight excluding hydrogens is 254 g/mol. The van der Waals surface area contributed by atoms with E-state index in [4.69, 9.17) is 10.6 Å². The fourth-order valence-corrected chi connectivity index (χ4v) is 2.16. The van der Waals surface area contributed by atoms with E-state index in [0.29, 0.717) is 17.4 Å². The number of rotatable bonds is 4. The molecule has 0 saturated heterocycles. The molecule has 0 unspecified atom stereocenters. The van der Waals surface area contributed by atoms with E-state index in [1.807, 2.05) is 11.9 Å². The molecule has 0 saturated carbocycles. The van der Waals surface area contributed by atoms with Crippen LogP contribution in [0.5, 0.6) is 5.75 Å². The highest BCUT2D eigenvalue weighted by atomic mass is 16.5. The average Bonchev–Trinajstić information content (AvgIpc) is 2.44. The molecule has 1 heterocycles. The number of anilines is 3. The number of nitrogens with zero attached hydrogens (tertiary/aromatic N) is 3. The summed E-state index contributed by atoms with van der Waals surface area (Å²) < 4.78 is 5.36. The first-order chi connectivity index (χ1) is 9.56. The predicted molar refractivity (Wildman–Crippen MR) is 80.4 cm³/mol. The van der Waals surface area contributed by atoms with Crippen LogP contribution in [0.2, 0.25) is 0 Å². The van der Waals surface area contributed by atoms with Crippen molar-refractivity contribution >= 4 is 17.3 Å². The van der Waals surface area contributed by atoms with Gasteiger partial charge in [0.2, 0.25) is 5.75 Å². The van der Waals surface area contributed by atoms with Crippen LogP contribution in [0.1, 0.15) is 11.1 Å². The largest absolute Gasteiger partial charge is 0.490 e. The Labute approximate surface area is 118 Å². The molecule has 0 amide bonds. The Bertz CT molecular complexity index is 594. The molecule has 1 aromatic heterocycles. The van der Waals surface area contributed by atoms with Gasteiger partial charge in [-0.25, -0.2) is 15.8 Å². The fraction of sp³-hybridized carbons (Fsp3) is 0.286. The number of aromatic nitrogens is 2. The average molecular weight is 273 g/mol. The number of hydrogen-bond acceptors (Lipinski definition) is 6. The highest BCUT2D eigenvalue weighted by Gasteiger charge is 2.16. The Morgan fingerprint density at radius 3 is 2.35 bits per heavy atom. The first-order valence-corrected chi connectivity index (χ1v) is 6.24. The molecule has 6 heteroatoms. The van der Waals surface area contributed by atoms with E-state index in [1.165, 1.54) is 17.5 Å². The lowest BCUT2D eigenvalue weighted by Crippen LogP contribution is -2.16. The lowest BCUT2D eigenvalue weighted by atomic mass is 10.1. The summed E-state index contributed by atoms with van der Waals surface area (Å²) in [6.07, 6.45) is 1.45. The molecule has 20 heavy (non-hydrogen) atoms. The molecule has 6 nitrogen and oxygen atoms in total. The third-order valence-electron chi connectivity index (χ3n) is 3.04. The Balaban J connectivity index is 2.50. The molecule has 0 bridgehead atoms. The van der Waals surface area contributed by atoms with Gasteiger partial charge in [0.05, 0.1) is 7.11 Å². The molecule has 0 aliphatic rings. The zero-order valence-corrected chi connectivity index (χ0v) is 12.1. The molecule has 0 radical (unpaired) electrons. The lowest BCUT2D eigenvalue weighted by molar-refractivity contribution is 0.414. The van der Waals surface area contributed by atoms with Crippen molar-refractivity contribution in [2.75, 3.05) is 24.5 Å². The van der Waals surface area contributed by atoms with Gasteiger partial charge in [-0.15, -0.1) is 0 Å². The molecular formula is C14H19N5O. The van der Waals surface area contributed by atoms with Crippen LogP contribution >= 0.6 is 0 Å². The highest BCUT2D eigenvalue weighted by Crippen LogP contribution is 2.34. The van der Waals surface area contributed by atoms with Crippen molar-refractivity contribution < 1.29 is 4.74 Å². The molecule has 2 aromatic rings. The summed E-state index contributed by atoms with van der Waals surface area (Å²) in [5, 5.41) is 0. The minimum absolute atomic E-state index is 0.453. The number of hydrogen-bond donors (Lipinski definition) is 2. The van der Waals surface area contributed by atoms with E-state index in [-0.39, 0.29) is 0 Å². The second-order valence-electron chi connectivity index (χ2n) is 4.63. The Kier molecular flexibility index (Phi) is 4.05. The van der Waals surface area contributed by atoms with E-state index >= 15 is 0 Å². The molecule has 0 aliphatic carbocycles. The maximum atomic E-state index is 5.44. The van der Waals surface area contributed by atoms with E-state index in [2.05, 4.69) is 47.4 Å². The monoisotopic (exact) mass is 273 g/mol. The summed E-state index contributed by atoms with van der Waals surface area (Å²) in [6, 6.07) is 6.30. The van der Waals surface area contributed by atoms with Gasteiger partial charge in [-0.05, 0) is 37.1 Å². The van der Waals surface area contributed by atoms with Crippen molar-refractivity contribution in [2.45, 2.75) is 13.8 Å². The molecule has 0 atom stereocenters. The summed E-state index contributed by atoms with van der Waals surface area (Å²) >= 11 is 0. The normalized spacial score (nSPS) is 10.2. The Hall–Kier alpha value is -2.34. The summed E-state index contributed by atoms with van der Waals surface area (Å²) in [5.41, 5.74) is 5.93. The van der Waals surface area contributed by atoms with Gasteiger partial charge < -0.3 is 15.1 Å². The molecule has 0 spiro atoms. The molecule has 0 fully saturated rings. The maximum Gasteiger partial charge on any atom is 0.206 e. The first-order valence-electron chi connectivity index (χ1n) is 6.24. The van der Waals surface area contributed by atoms with Crippen molar-refractivity contribution in [3.8, 4) is 5.75 Å². The molecule has 0 aliphatic heterocycles. The van der Waals surface area contributed by atoms with E-state index in [9.17, 15) is 0 Å². The number of benzene rings is 1. The predicted octanol–water partition coefficient (Wildman–Crippen LogP) is 2.16. The maximum absolute atomic E-state index is 5.44. The van der Waals surface area contributed by atoms with Crippen LogP contribution < -0.4 is 20.9 Å². The first kappa shape index (κ1) is 14.1. The van der Waals surface area contributed by atoms with Crippen molar-refractivity contribution in [3.05, 3.63) is 35.7 Å². The Morgan fingerprint density at radius 1 is 1.15 bits per heavy atom. The van der Waals surface area contributed by atoms with Gasteiger partial charge in [0, 0.05) is 12.7 Å². The minimum atomic E-state index is 0.453. The smallest absolute Gasteiger partial charge is 0.206 e. The second-order valence-corrected chi connectivity index (χ2v) is 4.63. The van der Waals surface area contributed by atoms with Gasteiger partial charge in [0.15, 0.2) is 11.6 Å². The summed E-state index contributed by atoms with van der Waals surface area (Å²) in [5.74, 6) is 7.06. The van der Waals surface area contributed by atoms with Gasteiger partial charge >= 0.3 is 0 Å². The zero-order chi connectivity index (χ0) is 14.7. The third kappa shape index (κ3) is 2.65. The van der Waals surface area contributed by atoms with Crippen LogP contribution in [0, 0.1) is 13.8 Å². The van der Waals surface area contributed by atoms with Gasteiger partial charge in [-0.2, -0.15) is 0 Å². The number of nitrogens with one attached hydrogen (secondary N) is 1. The van der Waals surface area contributed by atoms with Crippen LogP contribution in [0.4, 0.5) is 17.3 Å². The molecule has 3 N–H and O–H groups in total. The summed E-state index contributed by atoms with van der Waals surface area (Å²) in [4.78, 5) is 10.3. The van der Waals surface area contributed by atoms with Crippen LogP contribution in [0.3, 0.4) is 0 Å². The standard InChI is InChI=1S/C14H19N5O/c1-9-5-10(2)7-11(6-9)19(3)14-12(20-4)13(18-15)16-8-17-14/h5-8H,15H2,1-4H3,(H,16,17,18). The summed E-state index contributed by atoms with van der Waals surface area (Å²) in [7, 11) is 3.50. The molecule has 1 aromatic carbocycles. The van der Waals surface area contributed by atoms with Crippen molar-refractivity contribution in [1.29, 1.82) is 0 Å². The zero-order valence-electron chi connectivity index (χ0n) is 12.1. The second kappa shape index (κ2) is 5.75. The van der Waals surface area contributed by atoms with Gasteiger partial charge in [-0.3, -0.25) is 0 Å². The highest BCUT2D eigenvalue weighted by molar-refractivity contribution is 5.71. The van der Waals surface area contributed by atoms with Gasteiger partial charge in [-0.1, -0.05) is 6.07 Å². The topological polar surface area (TPSA) is 76.3 Å². The summed E-state index contributed by atoms with van der Waals surface area (Å²) in [6.45, 7) is 4.13. The number of nitrogens with two attached hydrogens (primary N) is 1. The lowest BCUT2D eigenvalue weighted by Gasteiger charge is -2.22. The van der Waals surface area contributed by atoms with E-state index in [1.54, 1.807) is 7.11 Å². The van der Waals surface area contributed by atoms with E-state index < -0.39 is 0 Å². The van der Waals surface area contributed by atoms with Crippen LogP contribution in [0.25, 0.3) is 0 Å². The van der Waals surface area contributed by atoms with E-state index in [0.717, 1.165) is 5.69 Å². The third-order valence-corrected chi connectivity index (χ3v) is 3.04. The van der Waals surface area contributed by atoms with Crippen molar-refractivity contribution in [2.24, 2.45) is 5.84 Å². The van der Waals surface area contributed by atoms with Gasteiger partial charge in [0.1, 0.15) is 6.33 Å². The quantitative estimate of drug-likeness (QED) is 0.656. The fourth-order valence-electron chi connectivity index (χ4n) is 2.16. The van der Waals surface area contributed by atoms with Crippen LogP contribution in [0.15, 0.2) is 24.5 Å². The van der Waals surface area contributed by atoms with Crippen molar-refractivity contribution in [1.82, 2.24) is 9.97 Å². The van der Waals surface area contributed by atoms with Gasteiger partial charge in [0.25, 0.3) is 0 Å². The molecule has 2 rings (SSSR count). The van der Waals surface area contributed by atoms with Crippen LogP contribution in [-0.4, -0.2) is 24.1 Å². The van der Waals surface area contributed by atoms with Crippen molar-refractivity contribution in [3.63, 3.8) is 0 Å². The number of aryl methyl sites for hydroxylation is 2. The SMILES string of the molecule is COc1c(NN)ncnc1N(C)c1cc(C)cc(C)c1. The minimum Gasteiger partial charge on any atom is -0.490 e. The number of methoxy groups -OCH3 is 1. The Morgan fingerprint density at radius 2 is 1.80 bits per heavy atom. The number of hydrazine groups is 1. The number of nitrogen functional groups attached to an aromatic ring is 1. The molecule has 106 valence electrons.